The zero-order valence-corrected chi connectivity index (χ0v) is 7.26. The highest BCUT2D eigenvalue weighted by atomic mass is 19.1. The Labute approximate surface area is 67.6 Å². The summed E-state index contributed by atoms with van der Waals surface area (Å²) in [5.41, 5.74) is 0. The van der Waals surface area contributed by atoms with Gasteiger partial charge in [0.25, 0.3) is 0 Å². The number of rotatable bonds is 1. The lowest BCUT2D eigenvalue weighted by molar-refractivity contribution is 0.0156. The minimum atomic E-state index is -0.976. The largest absolute Gasteiger partial charge is 0.390 e. The Morgan fingerprint density at radius 1 is 1.36 bits per heavy atom. The van der Waals surface area contributed by atoms with Crippen molar-refractivity contribution in [3.8, 4) is 0 Å². The maximum Gasteiger partial charge on any atom is 0.126 e. The second-order valence-electron chi connectivity index (χ2n) is 3.90. The van der Waals surface area contributed by atoms with E-state index >= 15 is 0 Å². The Hall–Kier alpha value is -0.110. The third-order valence-electron chi connectivity index (χ3n) is 2.72. The molecular weight excluding hydrogens is 143 g/mol. The summed E-state index contributed by atoms with van der Waals surface area (Å²) in [6.45, 7) is 4.24. The van der Waals surface area contributed by atoms with Crippen molar-refractivity contribution < 1.29 is 9.50 Å². The second-order valence-corrected chi connectivity index (χ2v) is 3.90. The lowest BCUT2D eigenvalue weighted by Gasteiger charge is -2.30. The van der Waals surface area contributed by atoms with E-state index in [1.165, 1.54) is 0 Å². The van der Waals surface area contributed by atoms with Gasteiger partial charge in [-0.15, -0.1) is 0 Å². The fraction of sp³-hybridized carbons (Fsp3) is 1.00. The van der Waals surface area contributed by atoms with Gasteiger partial charge in [-0.05, 0) is 31.1 Å². The molecule has 1 nitrogen and oxygen atoms in total. The lowest BCUT2D eigenvalue weighted by Crippen LogP contribution is -2.32. The summed E-state index contributed by atoms with van der Waals surface area (Å²) in [6, 6.07) is 0. The molecule has 0 radical (unpaired) electrons. The van der Waals surface area contributed by atoms with Gasteiger partial charge in [-0.25, -0.2) is 4.39 Å². The highest BCUT2D eigenvalue weighted by Crippen LogP contribution is 2.31. The minimum Gasteiger partial charge on any atom is -0.390 e. The van der Waals surface area contributed by atoms with Crippen LogP contribution in [0.25, 0.3) is 0 Å². The summed E-state index contributed by atoms with van der Waals surface area (Å²) in [5, 5.41) is 9.10. The maximum atomic E-state index is 12.9. The van der Waals surface area contributed by atoms with Crippen LogP contribution in [0.5, 0.6) is 0 Å². The van der Waals surface area contributed by atoms with Crippen molar-refractivity contribution >= 4 is 0 Å². The van der Waals surface area contributed by atoms with Crippen LogP contribution in [0.1, 0.15) is 33.1 Å². The molecule has 1 fully saturated rings. The number of aliphatic hydroxyl groups excluding tert-OH is 1. The van der Waals surface area contributed by atoms with Gasteiger partial charge in [0.2, 0.25) is 0 Å². The van der Waals surface area contributed by atoms with Crippen molar-refractivity contribution in [2.24, 2.45) is 11.8 Å². The molecule has 1 saturated carbocycles. The topological polar surface area (TPSA) is 20.2 Å². The van der Waals surface area contributed by atoms with E-state index in [4.69, 9.17) is 5.11 Å². The molecule has 0 spiro atoms. The number of halogens is 1. The normalized spacial score (nSPS) is 39.5. The fourth-order valence-corrected chi connectivity index (χ4v) is 1.74. The predicted octanol–water partition coefficient (Wildman–Crippen LogP) is 2.14. The molecule has 3 atom stereocenters. The highest BCUT2D eigenvalue weighted by Gasteiger charge is 2.30. The SMILES string of the molecule is CC(C)C1CC[C@H](O)[C@@H](F)C1. The fourth-order valence-electron chi connectivity index (χ4n) is 1.74. The molecule has 0 aliphatic heterocycles. The van der Waals surface area contributed by atoms with Crippen LogP contribution in [0, 0.1) is 11.8 Å². The first-order valence-electron chi connectivity index (χ1n) is 4.43. The van der Waals surface area contributed by atoms with E-state index in [2.05, 4.69) is 13.8 Å². The second kappa shape index (κ2) is 3.53. The molecule has 0 saturated heterocycles. The van der Waals surface area contributed by atoms with Gasteiger partial charge in [0.1, 0.15) is 6.17 Å². The molecule has 66 valence electrons. The average Bonchev–Trinajstić information content (AvgIpc) is 1.94. The molecule has 2 heteroatoms. The van der Waals surface area contributed by atoms with Gasteiger partial charge in [0.15, 0.2) is 0 Å². The van der Waals surface area contributed by atoms with Crippen molar-refractivity contribution in [1.29, 1.82) is 0 Å². The first-order chi connectivity index (χ1) is 5.11. The standard InChI is InChI=1S/C9H17FO/c1-6(2)7-3-4-9(11)8(10)5-7/h6-9,11H,3-5H2,1-2H3/t7?,8-,9-/m0/s1. The van der Waals surface area contributed by atoms with E-state index in [1.54, 1.807) is 0 Å². The van der Waals surface area contributed by atoms with Gasteiger partial charge in [0.05, 0.1) is 6.10 Å². The van der Waals surface area contributed by atoms with E-state index in [9.17, 15) is 4.39 Å². The average molecular weight is 160 g/mol. The van der Waals surface area contributed by atoms with Crippen molar-refractivity contribution in [3.05, 3.63) is 0 Å². The molecule has 11 heavy (non-hydrogen) atoms. The zero-order valence-electron chi connectivity index (χ0n) is 7.26. The molecule has 0 heterocycles. The van der Waals surface area contributed by atoms with E-state index in [0.29, 0.717) is 24.7 Å². The first kappa shape index (κ1) is 8.98. The van der Waals surface area contributed by atoms with Gasteiger partial charge in [-0.2, -0.15) is 0 Å². The van der Waals surface area contributed by atoms with E-state index in [0.717, 1.165) is 6.42 Å². The molecule has 0 aromatic heterocycles. The van der Waals surface area contributed by atoms with E-state index in [-0.39, 0.29) is 0 Å². The Balaban J connectivity index is 2.40. The molecule has 1 unspecified atom stereocenters. The summed E-state index contributed by atoms with van der Waals surface area (Å²) in [4.78, 5) is 0. The number of aliphatic hydroxyl groups is 1. The van der Waals surface area contributed by atoms with Crippen LogP contribution in [0.15, 0.2) is 0 Å². The van der Waals surface area contributed by atoms with Crippen LogP contribution in [0.4, 0.5) is 4.39 Å². The molecule has 0 aromatic carbocycles. The Bertz CT molecular complexity index is 125. The molecule has 1 N–H and O–H groups in total. The number of alkyl halides is 1. The quantitative estimate of drug-likeness (QED) is 0.623. The summed E-state index contributed by atoms with van der Waals surface area (Å²) in [7, 11) is 0. The van der Waals surface area contributed by atoms with Crippen LogP contribution in [0.3, 0.4) is 0 Å². The molecule has 1 rings (SSSR count). The summed E-state index contributed by atoms with van der Waals surface area (Å²) >= 11 is 0. The zero-order chi connectivity index (χ0) is 8.43. The monoisotopic (exact) mass is 160 g/mol. The third-order valence-corrected chi connectivity index (χ3v) is 2.72. The Kier molecular flexibility index (Phi) is 2.88. The smallest absolute Gasteiger partial charge is 0.126 e. The Morgan fingerprint density at radius 3 is 2.45 bits per heavy atom. The van der Waals surface area contributed by atoms with Crippen molar-refractivity contribution in [3.63, 3.8) is 0 Å². The van der Waals surface area contributed by atoms with E-state index < -0.39 is 12.3 Å². The van der Waals surface area contributed by atoms with Gasteiger partial charge in [0, 0.05) is 0 Å². The number of hydrogen-bond donors (Lipinski definition) is 1. The molecule has 0 bridgehead atoms. The van der Waals surface area contributed by atoms with Gasteiger partial charge in [-0.1, -0.05) is 13.8 Å². The molecule has 1 aliphatic rings. The molecular formula is C9H17FO. The number of hydrogen-bond acceptors (Lipinski definition) is 1. The third kappa shape index (κ3) is 2.16. The maximum absolute atomic E-state index is 12.9. The summed E-state index contributed by atoms with van der Waals surface area (Å²) in [5.74, 6) is 1.04. The van der Waals surface area contributed by atoms with Crippen molar-refractivity contribution in [1.82, 2.24) is 0 Å². The first-order valence-corrected chi connectivity index (χ1v) is 4.43. The lowest BCUT2D eigenvalue weighted by atomic mass is 9.80. The predicted molar refractivity (Wildman–Crippen MR) is 43.1 cm³/mol. The summed E-state index contributed by atoms with van der Waals surface area (Å²) < 4.78 is 12.9. The van der Waals surface area contributed by atoms with Gasteiger partial charge >= 0.3 is 0 Å². The van der Waals surface area contributed by atoms with Crippen LogP contribution in [-0.2, 0) is 0 Å². The molecule has 0 amide bonds. The van der Waals surface area contributed by atoms with Crippen LogP contribution in [-0.4, -0.2) is 17.4 Å². The summed E-state index contributed by atoms with van der Waals surface area (Å²) in [6.07, 6.45) is 0.517. The van der Waals surface area contributed by atoms with Crippen molar-refractivity contribution in [2.75, 3.05) is 0 Å². The van der Waals surface area contributed by atoms with Crippen LogP contribution < -0.4 is 0 Å². The van der Waals surface area contributed by atoms with Crippen molar-refractivity contribution in [2.45, 2.75) is 45.4 Å². The van der Waals surface area contributed by atoms with E-state index in [1.807, 2.05) is 0 Å². The molecule has 1 aliphatic carbocycles. The highest BCUT2D eigenvalue weighted by molar-refractivity contribution is 4.80. The molecule has 0 aromatic rings. The van der Waals surface area contributed by atoms with Gasteiger partial charge < -0.3 is 5.11 Å². The minimum absolute atomic E-state index is 0.480. The van der Waals surface area contributed by atoms with Gasteiger partial charge in [-0.3, -0.25) is 0 Å². The Morgan fingerprint density at radius 2 is 2.00 bits per heavy atom. The van der Waals surface area contributed by atoms with Crippen LogP contribution in [0.2, 0.25) is 0 Å². The van der Waals surface area contributed by atoms with Crippen LogP contribution >= 0.6 is 0 Å².